The first kappa shape index (κ1) is 15.7. The van der Waals surface area contributed by atoms with Crippen LogP contribution in [0, 0.1) is 0 Å². The van der Waals surface area contributed by atoms with Gasteiger partial charge in [-0.2, -0.15) is 8.42 Å². The molecule has 8 heteroatoms. The van der Waals surface area contributed by atoms with E-state index in [0.29, 0.717) is 11.4 Å². The summed E-state index contributed by atoms with van der Waals surface area (Å²) >= 11 is 0. The molecule has 0 saturated heterocycles. The van der Waals surface area contributed by atoms with Gasteiger partial charge in [0.25, 0.3) is 10.2 Å². The molecule has 0 aromatic heterocycles. The van der Waals surface area contributed by atoms with Crippen LogP contribution >= 0.6 is 0 Å². The lowest BCUT2D eigenvalue weighted by atomic mass is 9.94. The fourth-order valence-corrected chi connectivity index (χ4v) is 3.06. The number of rotatable bonds is 5. The van der Waals surface area contributed by atoms with Crippen molar-refractivity contribution in [1.82, 2.24) is 0 Å². The fourth-order valence-electron chi connectivity index (χ4n) is 2.61. The lowest BCUT2D eigenvalue weighted by molar-refractivity contribution is -0.117. The van der Waals surface area contributed by atoms with Gasteiger partial charge in [-0.25, -0.2) is 5.14 Å². The molecule has 0 radical (unpaired) electrons. The highest BCUT2D eigenvalue weighted by molar-refractivity contribution is 7.90. The van der Waals surface area contributed by atoms with Gasteiger partial charge in [0.05, 0.1) is 5.69 Å². The molecule has 116 valence electrons. The Balaban J connectivity index is 1.99. The van der Waals surface area contributed by atoms with Crippen LogP contribution in [0.2, 0.25) is 0 Å². The van der Waals surface area contributed by atoms with Crippen LogP contribution in [0.4, 0.5) is 11.4 Å². The largest absolute Gasteiger partial charge is 0.326 e. The number of anilines is 2. The molecule has 0 atom stereocenters. The van der Waals surface area contributed by atoms with E-state index in [0.717, 1.165) is 25.7 Å². The number of nitrogens with one attached hydrogen (secondary N) is 2. The van der Waals surface area contributed by atoms with Crippen molar-refractivity contribution < 1.29 is 13.2 Å². The summed E-state index contributed by atoms with van der Waals surface area (Å²) in [4.78, 5) is 12.0. The molecule has 1 aliphatic carbocycles. The summed E-state index contributed by atoms with van der Waals surface area (Å²) in [6, 6.07) is 6.34. The predicted molar refractivity (Wildman–Crippen MR) is 81.8 cm³/mol. The number of nitrogens with two attached hydrogens (primary N) is 2. The van der Waals surface area contributed by atoms with Gasteiger partial charge in [0.1, 0.15) is 0 Å². The molecule has 0 unspecified atom stereocenters. The number of benzene rings is 1. The van der Waals surface area contributed by atoms with Crippen LogP contribution < -0.4 is 20.9 Å². The summed E-state index contributed by atoms with van der Waals surface area (Å²) in [5.74, 6) is -0.174. The molecule has 1 amide bonds. The van der Waals surface area contributed by atoms with Gasteiger partial charge >= 0.3 is 0 Å². The van der Waals surface area contributed by atoms with Crippen LogP contribution in [0.5, 0.6) is 0 Å². The first-order chi connectivity index (χ1) is 9.76. The molecule has 1 fully saturated rings. The molecule has 0 aliphatic heterocycles. The fraction of sp³-hybridized carbons (Fsp3) is 0.462. The van der Waals surface area contributed by atoms with Crippen LogP contribution in [-0.4, -0.2) is 19.9 Å². The van der Waals surface area contributed by atoms with E-state index in [1.165, 1.54) is 6.07 Å². The Morgan fingerprint density at radius 2 is 1.86 bits per heavy atom. The molecule has 1 aromatic rings. The van der Waals surface area contributed by atoms with Crippen molar-refractivity contribution in [2.75, 3.05) is 10.0 Å². The third kappa shape index (κ3) is 5.00. The quantitative estimate of drug-likeness (QED) is 0.644. The van der Waals surface area contributed by atoms with Gasteiger partial charge in [-0.15, -0.1) is 0 Å². The topological polar surface area (TPSA) is 127 Å². The molecule has 7 nitrogen and oxygen atoms in total. The van der Waals surface area contributed by atoms with Gasteiger partial charge in [0, 0.05) is 17.6 Å². The number of carbonyl (C=O) groups is 1. The van der Waals surface area contributed by atoms with Gasteiger partial charge in [0.15, 0.2) is 0 Å². The van der Waals surface area contributed by atoms with Crippen molar-refractivity contribution in [1.29, 1.82) is 0 Å². The maximum Gasteiger partial charge on any atom is 0.296 e. The van der Waals surface area contributed by atoms with Crippen LogP contribution in [0.25, 0.3) is 0 Å². The summed E-state index contributed by atoms with van der Waals surface area (Å²) in [5, 5.41) is 7.63. The highest BCUT2D eigenvalue weighted by atomic mass is 32.2. The van der Waals surface area contributed by atoms with Crippen molar-refractivity contribution >= 4 is 27.5 Å². The van der Waals surface area contributed by atoms with Crippen LogP contribution in [0.1, 0.15) is 32.1 Å². The standard InChI is InChI=1S/C13H20N4O3S/c14-13(6-1-2-7-13)9-12(18)16-10-4-3-5-11(8-10)17-21(15,19)20/h3-5,8,17H,1-2,6-7,9,14H2,(H,16,18)(H2,15,19,20). The van der Waals surface area contributed by atoms with Crippen LogP contribution in [-0.2, 0) is 15.0 Å². The van der Waals surface area contributed by atoms with E-state index in [2.05, 4.69) is 10.0 Å². The average molecular weight is 312 g/mol. The molecule has 0 bridgehead atoms. The Hall–Kier alpha value is -1.64. The molecule has 0 spiro atoms. The molecular weight excluding hydrogens is 292 g/mol. The van der Waals surface area contributed by atoms with E-state index in [9.17, 15) is 13.2 Å². The predicted octanol–water partition coefficient (Wildman–Crippen LogP) is 0.902. The van der Waals surface area contributed by atoms with E-state index in [4.69, 9.17) is 10.9 Å². The third-order valence-electron chi connectivity index (χ3n) is 3.52. The Morgan fingerprint density at radius 3 is 2.48 bits per heavy atom. The van der Waals surface area contributed by atoms with Gasteiger partial charge in [-0.3, -0.25) is 9.52 Å². The van der Waals surface area contributed by atoms with Crippen molar-refractivity contribution in [2.45, 2.75) is 37.6 Å². The summed E-state index contributed by atoms with van der Waals surface area (Å²) in [5.41, 5.74) is 6.53. The van der Waals surface area contributed by atoms with Crippen molar-refractivity contribution in [3.8, 4) is 0 Å². The van der Waals surface area contributed by atoms with Gasteiger partial charge in [0.2, 0.25) is 5.91 Å². The average Bonchev–Trinajstić information content (AvgIpc) is 2.73. The van der Waals surface area contributed by atoms with Crippen molar-refractivity contribution in [2.24, 2.45) is 10.9 Å². The second kappa shape index (κ2) is 6.00. The molecule has 21 heavy (non-hydrogen) atoms. The monoisotopic (exact) mass is 312 g/mol. The van der Waals surface area contributed by atoms with Gasteiger partial charge in [-0.1, -0.05) is 18.9 Å². The van der Waals surface area contributed by atoms with E-state index in [1.807, 2.05) is 0 Å². The normalized spacial score (nSPS) is 17.4. The van der Waals surface area contributed by atoms with E-state index in [-0.39, 0.29) is 12.3 Å². The zero-order valence-corrected chi connectivity index (χ0v) is 12.4. The molecule has 1 saturated carbocycles. The van der Waals surface area contributed by atoms with Gasteiger partial charge < -0.3 is 11.1 Å². The number of hydrogen-bond donors (Lipinski definition) is 4. The van der Waals surface area contributed by atoms with E-state index in [1.54, 1.807) is 18.2 Å². The Bertz CT molecular complexity index is 624. The SMILES string of the molecule is NC1(CC(=O)Nc2cccc(NS(N)(=O)=O)c2)CCCC1. The van der Waals surface area contributed by atoms with Crippen LogP contribution in [0.3, 0.4) is 0 Å². The first-order valence-electron chi connectivity index (χ1n) is 6.75. The van der Waals surface area contributed by atoms with Gasteiger partial charge in [-0.05, 0) is 31.0 Å². The van der Waals surface area contributed by atoms with E-state index >= 15 is 0 Å². The summed E-state index contributed by atoms with van der Waals surface area (Å²) in [6.07, 6.45) is 4.08. The molecule has 2 rings (SSSR count). The summed E-state index contributed by atoms with van der Waals surface area (Å²) in [6.45, 7) is 0. The van der Waals surface area contributed by atoms with E-state index < -0.39 is 15.7 Å². The van der Waals surface area contributed by atoms with Crippen molar-refractivity contribution in [3.63, 3.8) is 0 Å². The minimum atomic E-state index is -3.83. The minimum absolute atomic E-state index is 0.174. The number of hydrogen-bond acceptors (Lipinski definition) is 4. The third-order valence-corrected chi connectivity index (χ3v) is 4.04. The highest BCUT2D eigenvalue weighted by Gasteiger charge is 2.31. The smallest absolute Gasteiger partial charge is 0.296 e. The molecule has 0 heterocycles. The second-order valence-corrected chi connectivity index (χ2v) is 6.82. The summed E-state index contributed by atoms with van der Waals surface area (Å²) in [7, 11) is -3.83. The Morgan fingerprint density at radius 1 is 1.24 bits per heavy atom. The number of carbonyl (C=O) groups excluding carboxylic acids is 1. The zero-order chi connectivity index (χ0) is 15.5. The van der Waals surface area contributed by atoms with Crippen molar-refractivity contribution in [3.05, 3.63) is 24.3 Å². The second-order valence-electron chi connectivity index (χ2n) is 5.52. The molecule has 1 aromatic carbocycles. The Labute approximate surface area is 124 Å². The lowest BCUT2D eigenvalue weighted by Gasteiger charge is -2.22. The summed E-state index contributed by atoms with van der Waals surface area (Å²) < 4.78 is 24.1. The lowest BCUT2D eigenvalue weighted by Crippen LogP contribution is -2.40. The maximum absolute atomic E-state index is 12.0. The first-order valence-corrected chi connectivity index (χ1v) is 8.30. The highest BCUT2D eigenvalue weighted by Crippen LogP contribution is 2.30. The van der Waals surface area contributed by atoms with Crippen LogP contribution in [0.15, 0.2) is 24.3 Å². The zero-order valence-electron chi connectivity index (χ0n) is 11.6. The Kier molecular flexibility index (Phi) is 4.50. The number of amides is 1. The minimum Gasteiger partial charge on any atom is -0.326 e. The molecular formula is C13H20N4O3S. The molecule has 1 aliphatic rings. The maximum atomic E-state index is 12.0. The molecule has 6 N–H and O–H groups in total.